The number of nitrogens with one attached hydrogen (secondary N) is 1. The molecule has 1 atom stereocenters. The minimum atomic E-state index is -0.358. The van der Waals surface area contributed by atoms with Gasteiger partial charge in [0.1, 0.15) is 5.82 Å². The normalized spacial score (nSPS) is 18.2. The van der Waals surface area contributed by atoms with Gasteiger partial charge in [-0.3, -0.25) is 4.79 Å². The van der Waals surface area contributed by atoms with Crippen LogP contribution in [0, 0.1) is 5.82 Å². The summed E-state index contributed by atoms with van der Waals surface area (Å²) in [7, 11) is 0. The van der Waals surface area contributed by atoms with Crippen LogP contribution in [0.1, 0.15) is 18.4 Å². The lowest BCUT2D eigenvalue weighted by atomic mass is 10.1. The molecule has 1 fully saturated rings. The Balaban J connectivity index is 1.97. The van der Waals surface area contributed by atoms with Gasteiger partial charge in [-0.15, -0.1) is 0 Å². The lowest BCUT2D eigenvalue weighted by molar-refractivity contribution is -0.131. The van der Waals surface area contributed by atoms with E-state index in [-0.39, 0.29) is 30.8 Å². The minimum Gasteiger partial charge on any atom is -0.395 e. The summed E-state index contributed by atoms with van der Waals surface area (Å²) in [5, 5.41) is 12.4. The number of halogens is 1. The second kappa shape index (κ2) is 7.36. The van der Waals surface area contributed by atoms with Crippen LogP contribution in [0.2, 0.25) is 0 Å². The predicted molar refractivity (Wildman–Crippen MR) is 74.8 cm³/mol. The van der Waals surface area contributed by atoms with Gasteiger partial charge >= 0.3 is 0 Å². The summed E-state index contributed by atoms with van der Waals surface area (Å²) in [4.78, 5) is 13.9. The Labute approximate surface area is 118 Å². The van der Waals surface area contributed by atoms with Crippen LogP contribution in [0.4, 0.5) is 4.39 Å². The predicted octanol–water partition coefficient (Wildman–Crippen LogP) is 0.941. The third-order valence-electron chi connectivity index (χ3n) is 3.63. The Morgan fingerprint density at radius 2 is 2.25 bits per heavy atom. The number of carbonyl (C=O) groups is 1. The van der Waals surface area contributed by atoms with Crippen molar-refractivity contribution in [2.24, 2.45) is 0 Å². The fourth-order valence-corrected chi connectivity index (χ4v) is 2.53. The van der Waals surface area contributed by atoms with Crippen LogP contribution in [0.15, 0.2) is 24.3 Å². The first kappa shape index (κ1) is 14.9. The van der Waals surface area contributed by atoms with Crippen LogP contribution in [0.3, 0.4) is 0 Å². The lowest BCUT2D eigenvalue weighted by Gasteiger charge is -2.25. The van der Waals surface area contributed by atoms with Gasteiger partial charge in [0.05, 0.1) is 13.0 Å². The van der Waals surface area contributed by atoms with Crippen molar-refractivity contribution in [3.8, 4) is 0 Å². The van der Waals surface area contributed by atoms with Gasteiger partial charge < -0.3 is 15.3 Å². The number of rotatable bonds is 6. The maximum Gasteiger partial charge on any atom is 0.227 e. The fraction of sp³-hybridized carbons (Fsp3) is 0.533. The van der Waals surface area contributed by atoms with Crippen LogP contribution in [-0.2, 0) is 11.2 Å². The summed E-state index contributed by atoms with van der Waals surface area (Å²) in [6, 6.07) is 6.60. The molecule has 1 heterocycles. The van der Waals surface area contributed by atoms with E-state index in [1.54, 1.807) is 23.1 Å². The van der Waals surface area contributed by atoms with E-state index in [2.05, 4.69) is 5.32 Å². The number of amides is 1. The summed E-state index contributed by atoms with van der Waals surface area (Å²) in [5.74, 6) is -0.498. The topological polar surface area (TPSA) is 52.6 Å². The maximum absolute atomic E-state index is 13.6. The standard InChI is InChI=1S/C15H21FN2O2/c16-14-6-2-1-4-12(14)10-15(20)18(8-9-19)11-13-5-3-7-17-13/h1-2,4,6,13,17,19H,3,5,7-11H2. The average molecular weight is 280 g/mol. The fourth-order valence-electron chi connectivity index (χ4n) is 2.53. The molecule has 1 saturated heterocycles. The van der Waals surface area contributed by atoms with Crippen LogP contribution < -0.4 is 5.32 Å². The van der Waals surface area contributed by atoms with Gasteiger partial charge in [-0.05, 0) is 31.0 Å². The molecule has 1 aliphatic rings. The van der Waals surface area contributed by atoms with Gasteiger partial charge in [-0.1, -0.05) is 18.2 Å². The van der Waals surface area contributed by atoms with Gasteiger partial charge in [0.15, 0.2) is 0 Å². The molecular weight excluding hydrogens is 259 g/mol. The molecule has 4 nitrogen and oxygen atoms in total. The van der Waals surface area contributed by atoms with Crippen molar-refractivity contribution in [1.29, 1.82) is 0 Å². The Bertz CT molecular complexity index is 447. The molecule has 110 valence electrons. The smallest absolute Gasteiger partial charge is 0.227 e. The van der Waals surface area contributed by atoms with Gasteiger partial charge in [0, 0.05) is 19.1 Å². The molecule has 1 unspecified atom stereocenters. The number of hydrogen-bond donors (Lipinski definition) is 2. The number of carbonyl (C=O) groups excluding carboxylic acids is 1. The molecule has 0 bridgehead atoms. The molecule has 0 aromatic heterocycles. The molecule has 0 spiro atoms. The third kappa shape index (κ3) is 4.02. The van der Waals surface area contributed by atoms with Crippen molar-refractivity contribution >= 4 is 5.91 Å². The lowest BCUT2D eigenvalue weighted by Crippen LogP contribution is -2.43. The first-order valence-corrected chi connectivity index (χ1v) is 7.06. The summed E-state index contributed by atoms with van der Waals surface area (Å²) in [6.45, 7) is 1.77. The highest BCUT2D eigenvalue weighted by molar-refractivity contribution is 5.78. The molecule has 20 heavy (non-hydrogen) atoms. The van der Waals surface area contributed by atoms with Gasteiger partial charge in [-0.2, -0.15) is 0 Å². The van der Waals surface area contributed by atoms with Crippen molar-refractivity contribution in [3.05, 3.63) is 35.6 Å². The number of benzene rings is 1. The van der Waals surface area contributed by atoms with E-state index in [0.29, 0.717) is 18.7 Å². The molecule has 1 amide bonds. The molecule has 2 rings (SSSR count). The van der Waals surface area contributed by atoms with Crippen LogP contribution >= 0.6 is 0 Å². The molecule has 2 N–H and O–H groups in total. The molecule has 0 aliphatic carbocycles. The van der Waals surface area contributed by atoms with Crippen LogP contribution in [0.25, 0.3) is 0 Å². The maximum atomic E-state index is 13.6. The first-order chi connectivity index (χ1) is 9.70. The van der Waals surface area contributed by atoms with E-state index >= 15 is 0 Å². The van der Waals surface area contributed by atoms with E-state index in [4.69, 9.17) is 5.11 Å². The molecule has 1 aromatic carbocycles. The number of aliphatic hydroxyl groups excluding tert-OH is 1. The van der Waals surface area contributed by atoms with Crippen LogP contribution in [0.5, 0.6) is 0 Å². The Kier molecular flexibility index (Phi) is 5.49. The van der Waals surface area contributed by atoms with Crippen molar-refractivity contribution < 1.29 is 14.3 Å². The Morgan fingerprint density at radius 3 is 2.90 bits per heavy atom. The van der Waals surface area contributed by atoms with Gasteiger partial charge in [0.2, 0.25) is 5.91 Å². The summed E-state index contributed by atoms with van der Waals surface area (Å²) in [6.07, 6.45) is 2.19. The minimum absolute atomic E-state index is 0.0411. The van der Waals surface area contributed by atoms with E-state index in [0.717, 1.165) is 19.4 Å². The monoisotopic (exact) mass is 280 g/mol. The number of aliphatic hydroxyl groups is 1. The number of hydrogen-bond acceptors (Lipinski definition) is 3. The zero-order valence-corrected chi connectivity index (χ0v) is 11.5. The van der Waals surface area contributed by atoms with Gasteiger partial charge in [-0.25, -0.2) is 4.39 Å². The molecule has 1 aromatic rings. The zero-order chi connectivity index (χ0) is 14.4. The summed E-state index contributed by atoms with van der Waals surface area (Å²) >= 11 is 0. The van der Waals surface area contributed by atoms with Crippen molar-refractivity contribution in [2.45, 2.75) is 25.3 Å². The van der Waals surface area contributed by atoms with E-state index in [1.807, 2.05) is 0 Å². The Hall–Kier alpha value is -1.46. The Morgan fingerprint density at radius 1 is 1.45 bits per heavy atom. The number of nitrogens with zero attached hydrogens (tertiary/aromatic N) is 1. The third-order valence-corrected chi connectivity index (χ3v) is 3.63. The summed E-state index contributed by atoms with van der Waals surface area (Å²) < 4.78 is 13.6. The molecule has 0 saturated carbocycles. The molecule has 1 aliphatic heterocycles. The van der Waals surface area contributed by atoms with Crippen LogP contribution in [-0.4, -0.2) is 48.2 Å². The SMILES string of the molecule is O=C(Cc1ccccc1F)N(CCO)CC1CCCN1. The molecular formula is C15H21FN2O2. The molecule has 0 radical (unpaired) electrons. The highest BCUT2D eigenvalue weighted by Crippen LogP contribution is 2.11. The largest absolute Gasteiger partial charge is 0.395 e. The zero-order valence-electron chi connectivity index (χ0n) is 11.5. The highest BCUT2D eigenvalue weighted by atomic mass is 19.1. The second-order valence-electron chi connectivity index (χ2n) is 5.12. The van der Waals surface area contributed by atoms with Crippen molar-refractivity contribution in [1.82, 2.24) is 10.2 Å². The quantitative estimate of drug-likeness (QED) is 0.815. The summed E-state index contributed by atoms with van der Waals surface area (Å²) in [5.41, 5.74) is 0.403. The van der Waals surface area contributed by atoms with Crippen molar-refractivity contribution in [2.75, 3.05) is 26.2 Å². The van der Waals surface area contributed by atoms with Gasteiger partial charge in [0.25, 0.3) is 0 Å². The second-order valence-corrected chi connectivity index (χ2v) is 5.12. The van der Waals surface area contributed by atoms with E-state index < -0.39 is 0 Å². The van der Waals surface area contributed by atoms with E-state index in [9.17, 15) is 9.18 Å². The average Bonchev–Trinajstić information content (AvgIpc) is 2.94. The van der Waals surface area contributed by atoms with Crippen molar-refractivity contribution in [3.63, 3.8) is 0 Å². The first-order valence-electron chi connectivity index (χ1n) is 7.06. The molecule has 5 heteroatoms. The van der Waals surface area contributed by atoms with E-state index in [1.165, 1.54) is 6.07 Å². The highest BCUT2D eigenvalue weighted by Gasteiger charge is 2.21.